The first kappa shape index (κ1) is 12.6. The largest absolute Gasteiger partial charge is 0.373 e. The van der Waals surface area contributed by atoms with Gasteiger partial charge in [-0.1, -0.05) is 38.1 Å². The van der Waals surface area contributed by atoms with Gasteiger partial charge in [0, 0.05) is 12.6 Å². The van der Waals surface area contributed by atoms with Crippen molar-refractivity contribution in [2.75, 3.05) is 12.4 Å². The Bertz CT molecular complexity index is 518. The lowest BCUT2D eigenvalue weighted by atomic mass is 10.00. The molecule has 0 unspecified atom stereocenters. The molecule has 0 aliphatic heterocycles. The highest BCUT2D eigenvalue weighted by molar-refractivity contribution is 5.62. The van der Waals surface area contributed by atoms with Crippen LogP contribution in [0.4, 0.5) is 5.82 Å². The maximum atomic E-state index is 4.57. The van der Waals surface area contributed by atoms with Gasteiger partial charge in [0.2, 0.25) is 0 Å². The normalized spacial score (nSPS) is 10.7. The zero-order chi connectivity index (χ0) is 13.0. The molecule has 0 radical (unpaired) electrons. The predicted octanol–water partition coefficient (Wildman–Crippen LogP) is 3.99. The van der Waals surface area contributed by atoms with Gasteiger partial charge in [-0.2, -0.15) is 0 Å². The summed E-state index contributed by atoms with van der Waals surface area (Å²) in [6.45, 7) is 4.49. The third-order valence-corrected chi connectivity index (χ3v) is 2.87. The van der Waals surface area contributed by atoms with Gasteiger partial charge in [0.15, 0.2) is 0 Å². The van der Waals surface area contributed by atoms with Gasteiger partial charge in [-0.3, -0.25) is 0 Å². The molecule has 1 N–H and O–H groups in total. The first-order valence-electron chi connectivity index (χ1n) is 6.43. The molecule has 0 atom stereocenters. The van der Waals surface area contributed by atoms with Crippen molar-refractivity contribution in [2.45, 2.75) is 20.3 Å². The SMILES string of the molecule is CNc1cccc(-c2cccc(CC(C)C)c2)n1. The molecular formula is C16H20N2. The van der Waals surface area contributed by atoms with Crippen molar-refractivity contribution in [1.29, 1.82) is 0 Å². The molecule has 0 saturated carbocycles. The van der Waals surface area contributed by atoms with Crippen LogP contribution in [-0.2, 0) is 6.42 Å². The van der Waals surface area contributed by atoms with E-state index in [1.807, 2.05) is 19.2 Å². The van der Waals surface area contributed by atoms with Crippen molar-refractivity contribution in [3.63, 3.8) is 0 Å². The zero-order valence-corrected chi connectivity index (χ0v) is 11.3. The molecule has 2 rings (SSSR count). The van der Waals surface area contributed by atoms with E-state index in [-0.39, 0.29) is 0 Å². The van der Waals surface area contributed by atoms with Gasteiger partial charge in [0.25, 0.3) is 0 Å². The monoisotopic (exact) mass is 240 g/mol. The Labute approximate surface area is 109 Å². The van der Waals surface area contributed by atoms with E-state index < -0.39 is 0 Å². The van der Waals surface area contributed by atoms with Crippen LogP contribution in [0.15, 0.2) is 42.5 Å². The van der Waals surface area contributed by atoms with Crippen LogP contribution >= 0.6 is 0 Å². The number of hydrogen-bond donors (Lipinski definition) is 1. The average molecular weight is 240 g/mol. The smallest absolute Gasteiger partial charge is 0.126 e. The maximum Gasteiger partial charge on any atom is 0.126 e. The molecule has 2 heteroatoms. The molecule has 0 aliphatic carbocycles. The molecule has 1 heterocycles. The molecule has 0 bridgehead atoms. The minimum Gasteiger partial charge on any atom is -0.373 e. The van der Waals surface area contributed by atoms with Crippen LogP contribution in [-0.4, -0.2) is 12.0 Å². The number of hydrogen-bond acceptors (Lipinski definition) is 2. The molecule has 2 nitrogen and oxygen atoms in total. The van der Waals surface area contributed by atoms with E-state index in [1.165, 1.54) is 11.1 Å². The van der Waals surface area contributed by atoms with Gasteiger partial charge in [-0.15, -0.1) is 0 Å². The van der Waals surface area contributed by atoms with Crippen LogP contribution in [0.1, 0.15) is 19.4 Å². The van der Waals surface area contributed by atoms with Crippen molar-refractivity contribution in [2.24, 2.45) is 5.92 Å². The summed E-state index contributed by atoms with van der Waals surface area (Å²) in [5.41, 5.74) is 3.58. The first-order chi connectivity index (χ1) is 8.69. The summed E-state index contributed by atoms with van der Waals surface area (Å²) in [5, 5.41) is 3.07. The number of benzene rings is 1. The second kappa shape index (κ2) is 5.67. The van der Waals surface area contributed by atoms with Crippen LogP contribution in [0.25, 0.3) is 11.3 Å². The lowest BCUT2D eigenvalue weighted by Crippen LogP contribution is -1.96. The standard InChI is InChI=1S/C16H20N2/c1-12(2)10-13-6-4-7-14(11-13)15-8-5-9-16(17-3)18-15/h4-9,11-12H,10H2,1-3H3,(H,17,18). The summed E-state index contributed by atoms with van der Waals surface area (Å²) >= 11 is 0. The van der Waals surface area contributed by atoms with Crippen LogP contribution in [0.2, 0.25) is 0 Å². The fraction of sp³-hybridized carbons (Fsp3) is 0.312. The van der Waals surface area contributed by atoms with Gasteiger partial charge in [0.1, 0.15) is 5.82 Å². The summed E-state index contributed by atoms with van der Waals surface area (Å²) in [4.78, 5) is 4.57. The van der Waals surface area contributed by atoms with Crippen molar-refractivity contribution >= 4 is 5.82 Å². The van der Waals surface area contributed by atoms with Gasteiger partial charge in [0.05, 0.1) is 5.69 Å². The summed E-state index contributed by atoms with van der Waals surface area (Å²) in [5.74, 6) is 1.58. The van der Waals surface area contributed by atoms with E-state index in [0.29, 0.717) is 5.92 Å². The lowest BCUT2D eigenvalue weighted by Gasteiger charge is -2.08. The molecule has 94 valence electrons. The van der Waals surface area contributed by atoms with Gasteiger partial charge in [-0.25, -0.2) is 4.98 Å². The van der Waals surface area contributed by atoms with E-state index in [4.69, 9.17) is 0 Å². The van der Waals surface area contributed by atoms with E-state index in [1.54, 1.807) is 0 Å². The third kappa shape index (κ3) is 3.10. The molecule has 0 amide bonds. The maximum absolute atomic E-state index is 4.57. The molecule has 0 spiro atoms. The topological polar surface area (TPSA) is 24.9 Å². The van der Waals surface area contributed by atoms with Gasteiger partial charge < -0.3 is 5.32 Å². The summed E-state index contributed by atoms with van der Waals surface area (Å²) in [6.07, 6.45) is 1.11. The minimum atomic E-state index is 0.678. The highest BCUT2D eigenvalue weighted by atomic mass is 15.0. The summed E-state index contributed by atoms with van der Waals surface area (Å²) in [7, 11) is 1.89. The van der Waals surface area contributed by atoms with Crippen molar-refractivity contribution in [3.05, 3.63) is 48.0 Å². The number of aromatic nitrogens is 1. The highest BCUT2D eigenvalue weighted by Gasteiger charge is 2.03. The number of pyridine rings is 1. The van der Waals surface area contributed by atoms with Crippen molar-refractivity contribution in [1.82, 2.24) is 4.98 Å². The lowest BCUT2D eigenvalue weighted by molar-refractivity contribution is 0.647. The summed E-state index contributed by atoms with van der Waals surface area (Å²) in [6, 6.07) is 14.7. The van der Waals surface area contributed by atoms with E-state index in [2.05, 4.69) is 54.5 Å². The molecule has 18 heavy (non-hydrogen) atoms. The fourth-order valence-electron chi connectivity index (χ4n) is 2.06. The van der Waals surface area contributed by atoms with Crippen LogP contribution in [0.3, 0.4) is 0 Å². The molecule has 2 aromatic rings. The number of nitrogens with zero attached hydrogens (tertiary/aromatic N) is 1. The van der Waals surface area contributed by atoms with E-state index >= 15 is 0 Å². The molecule has 0 aliphatic rings. The Kier molecular flexibility index (Phi) is 3.98. The van der Waals surface area contributed by atoms with Crippen LogP contribution in [0.5, 0.6) is 0 Å². The Morgan fingerprint density at radius 2 is 1.89 bits per heavy atom. The second-order valence-corrected chi connectivity index (χ2v) is 4.96. The minimum absolute atomic E-state index is 0.678. The predicted molar refractivity (Wildman–Crippen MR) is 77.8 cm³/mol. The second-order valence-electron chi connectivity index (χ2n) is 4.96. The van der Waals surface area contributed by atoms with Crippen molar-refractivity contribution < 1.29 is 0 Å². The Hall–Kier alpha value is -1.83. The zero-order valence-electron chi connectivity index (χ0n) is 11.3. The van der Waals surface area contributed by atoms with Crippen LogP contribution in [0, 0.1) is 5.92 Å². The Balaban J connectivity index is 2.32. The third-order valence-electron chi connectivity index (χ3n) is 2.87. The van der Waals surface area contributed by atoms with E-state index in [9.17, 15) is 0 Å². The Morgan fingerprint density at radius 3 is 2.61 bits per heavy atom. The van der Waals surface area contributed by atoms with Gasteiger partial charge >= 0.3 is 0 Å². The number of nitrogens with one attached hydrogen (secondary N) is 1. The Morgan fingerprint density at radius 1 is 1.11 bits per heavy atom. The van der Waals surface area contributed by atoms with Crippen LogP contribution < -0.4 is 5.32 Å². The molecule has 1 aromatic heterocycles. The number of rotatable bonds is 4. The molecule has 0 saturated heterocycles. The fourth-order valence-corrected chi connectivity index (χ4v) is 2.06. The average Bonchev–Trinajstić information content (AvgIpc) is 2.38. The quantitative estimate of drug-likeness (QED) is 0.874. The van der Waals surface area contributed by atoms with Crippen molar-refractivity contribution in [3.8, 4) is 11.3 Å². The molecular weight excluding hydrogens is 220 g/mol. The summed E-state index contributed by atoms with van der Waals surface area (Å²) < 4.78 is 0. The van der Waals surface area contributed by atoms with E-state index in [0.717, 1.165) is 17.9 Å². The molecule has 1 aromatic carbocycles. The van der Waals surface area contributed by atoms with Gasteiger partial charge in [-0.05, 0) is 36.1 Å². The number of anilines is 1. The highest BCUT2D eigenvalue weighted by Crippen LogP contribution is 2.21. The first-order valence-corrected chi connectivity index (χ1v) is 6.43. The molecule has 0 fully saturated rings.